The minimum absolute atomic E-state index is 0.0194. The number of nitriles is 1. The van der Waals surface area contributed by atoms with Gasteiger partial charge in [0.15, 0.2) is 0 Å². The SMILES string of the molecule is CCCN(C1CCNC1)S(=O)(=O)c1ccc(C#N)c(C)c1. The summed E-state index contributed by atoms with van der Waals surface area (Å²) in [5, 5.41) is 12.2. The smallest absolute Gasteiger partial charge is 0.243 e. The molecule has 1 aromatic carbocycles. The van der Waals surface area contributed by atoms with E-state index >= 15 is 0 Å². The number of nitrogens with zero attached hydrogens (tertiary/aromatic N) is 2. The van der Waals surface area contributed by atoms with Crippen LogP contribution < -0.4 is 5.32 Å². The van der Waals surface area contributed by atoms with E-state index in [2.05, 4.69) is 11.4 Å². The lowest BCUT2D eigenvalue weighted by atomic mass is 10.1. The van der Waals surface area contributed by atoms with Crippen LogP contribution in [0.15, 0.2) is 23.1 Å². The van der Waals surface area contributed by atoms with Crippen molar-refractivity contribution in [3.05, 3.63) is 29.3 Å². The summed E-state index contributed by atoms with van der Waals surface area (Å²) in [5.74, 6) is 0. The van der Waals surface area contributed by atoms with Gasteiger partial charge in [-0.3, -0.25) is 0 Å². The van der Waals surface area contributed by atoms with Gasteiger partial charge < -0.3 is 5.32 Å². The molecule has 0 spiro atoms. The number of hydrogen-bond acceptors (Lipinski definition) is 4. The Morgan fingerprint density at radius 2 is 2.24 bits per heavy atom. The van der Waals surface area contributed by atoms with Gasteiger partial charge in [-0.25, -0.2) is 8.42 Å². The molecule has 1 aliphatic rings. The third-order valence-corrected chi connectivity index (χ3v) is 5.76. The highest BCUT2D eigenvalue weighted by molar-refractivity contribution is 7.89. The molecule has 114 valence electrons. The van der Waals surface area contributed by atoms with Gasteiger partial charge >= 0.3 is 0 Å². The molecule has 6 heteroatoms. The highest BCUT2D eigenvalue weighted by atomic mass is 32.2. The third-order valence-electron chi connectivity index (χ3n) is 3.81. The van der Waals surface area contributed by atoms with Crippen LogP contribution in [0.2, 0.25) is 0 Å². The molecule has 0 radical (unpaired) electrons. The molecule has 1 atom stereocenters. The summed E-state index contributed by atoms with van der Waals surface area (Å²) in [7, 11) is -3.51. The van der Waals surface area contributed by atoms with Gasteiger partial charge in [-0.05, 0) is 50.1 Å². The van der Waals surface area contributed by atoms with Gasteiger partial charge in [-0.2, -0.15) is 9.57 Å². The van der Waals surface area contributed by atoms with Gasteiger partial charge in [0.1, 0.15) is 0 Å². The summed E-state index contributed by atoms with van der Waals surface area (Å²) in [5.41, 5.74) is 1.21. The van der Waals surface area contributed by atoms with E-state index in [-0.39, 0.29) is 10.9 Å². The maximum atomic E-state index is 12.9. The van der Waals surface area contributed by atoms with Crippen molar-refractivity contribution in [1.29, 1.82) is 5.26 Å². The molecule has 0 bridgehead atoms. The molecule has 0 amide bonds. The predicted octanol–water partition coefficient (Wildman–Crippen LogP) is 1.63. The molecule has 2 rings (SSSR count). The van der Waals surface area contributed by atoms with Crippen molar-refractivity contribution in [3.8, 4) is 6.07 Å². The molecular formula is C15H21N3O2S. The van der Waals surface area contributed by atoms with Crippen LogP contribution in [0, 0.1) is 18.3 Å². The van der Waals surface area contributed by atoms with E-state index in [4.69, 9.17) is 5.26 Å². The van der Waals surface area contributed by atoms with Gasteiger partial charge in [0.25, 0.3) is 0 Å². The lowest BCUT2D eigenvalue weighted by molar-refractivity contribution is 0.335. The highest BCUT2D eigenvalue weighted by Gasteiger charge is 2.32. The maximum Gasteiger partial charge on any atom is 0.243 e. The van der Waals surface area contributed by atoms with Crippen molar-refractivity contribution in [2.24, 2.45) is 0 Å². The summed E-state index contributed by atoms with van der Waals surface area (Å²) in [6.45, 7) is 5.82. The largest absolute Gasteiger partial charge is 0.315 e. The summed E-state index contributed by atoms with van der Waals surface area (Å²) in [4.78, 5) is 0.277. The average Bonchev–Trinajstić information content (AvgIpc) is 2.98. The van der Waals surface area contributed by atoms with Crippen molar-refractivity contribution < 1.29 is 8.42 Å². The zero-order valence-corrected chi connectivity index (χ0v) is 13.3. The molecule has 1 fully saturated rings. The molecular weight excluding hydrogens is 286 g/mol. The third kappa shape index (κ3) is 3.26. The van der Waals surface area contributed by atoms with Crippen LogP contribution >= 0.6 is 0 Å². The van der Waals surface area contributed by atoms with E-state index in [1.807, 2.05) is 6.92 Å². The summed E-state index contributed by atoms with van der Waals surface area (Å²) in [6, 6.07) is 6.80. The molecule has 21 heavy (non-hydrogen) atoms. The average molecular weight is 307 g/mol. The number of nitrogens with one attached hydrogen (secondary N) is 1. The normalized spacial score (nSPS) is 18.9. The fourth-order valence-electron chi connectivity index (χ4n) is 2.66. The second-order valence-corrected chi connectivity index (χ2v) is 7.24. The van der Waals surface area contributed by atoms with Crippen LogP contribution in [0.5, 0.6) is 0 Å². The van der Waals surface area contributed by atoms with Gasteiger partial charge in [-0.15, -0.1) is 0 Å². The van der Waals surface area contributed by atoms with Gasteiger partial charge in [0.2, 0.25) is 10.0 Å². The van der Waals surface area contributed by atoms with Crippen molar-refractivity contribution in [3.63, 3.8) is 0 Å². The van der Waals surface area contributed by atoms with Crippen molar-refractivity contribution in [1.82, 2.24) is 9.62 Å². The van der Waals surface area contributed by atoms with Crippen LogP contribution in [0.4, 0.5) is 0 Å². The second-order valence-electron chi connectivity index (χ2n) is 5.35. The van der Waals surface area contributed by atoms with E-state index in [0.717, 1.165) is 19.4 Å². The molecule has 1 saturated heterocycles. The molecule has 5 nitrogen and oxygen atoms in total. The first-order valence-electron chi connectivity index (χ1n) is 7.24. The van der Waals surface area contributed by atoms with Crippen LogP contribution in [0.3, 0.4) is 0 Å². The summed E-state index contributed by atoms with van der Waals surface area (Å²) >= 11 is 0. The lowest BCUT2D eigenvalue weighted by Gasteiger charge is -2.27. The maximum absolute atomic E-state index is 12.9. The van der Waals surface area contributed by atoms with Gasteiger partial charge in [-0.1, -0.05) is 6.92 Å². The Labute approximate surface area is 126 Å². The van der Waals surface area contributed by atoms with Crippen LogP contribution in [0.25, 0.3) is 0 Å². The minimum atomic E-state index is -3.51. The highest BCUT2D eigenvalue weighted by Crippen LogP contribution is 2.23. The first-order chi connectivity index (χ1) is 10.0. The molecule has 0 aliphatic carbocycles. The zero-order chi connectivity index (χ0) is 15.5. The first kappa shape index (κ1) is 16.0. The van der Waals surface area contributed by atoms with Crippen molar-refractivity contribution in [2.75, 3.05) is 19.6 Å². The number of benzene rings is 1. The second kappa shape index (κ2) is 6.56. The number of hydrogen-bond donors (Lipinski definition) is 1. The number of sulfonamides is 1. The molecule has 1 heterocycles. The van der Waals surface area contributed by atoms with Crippen molar-refractivity contribution in [2.45, 2.75) is 37.6 Å². The minimum Gasteiger partial charge on any atom is -0.315 e. The number of aryl methyl sites for hydroxylation is 1. The first-order valence-corrected chi connectivity index (χ1v) is 8.68. The topological polar surface area (TPSA) is 73.2 Å². The van der Waals surface area contributed by atoms with E-state index in [1.54, 1.807) is 23.4 Å². The quantitative estimate of drug-likeness (QED) is 0.897. The van der Waals surface area contributed by atoms with Crippen molar-refractivity contribution >= 4 is 10.0 Å². The van der Waals surface area contributed by atoms with Gasteiger partial charge in [0.05, 0.1) is 16.5 Å². The Hall–Kier alpha value is -1.42. The monoisotopic (exact) mass is 307 g/mol. The zero-order valence-electron chi connectivity index (χ0n) is 12.5. The van der Waals surface area contributed by atoms with E-state index in [1.165, 1.54) is 6.07 Å². The fourth-order valence-corrected chi connectivity index (χ4v) is 4.49. The Balaban J connectivity index is 2.38. The van der Waals surface area contributed by atoms with E-state index < -0.39 is 10.0 Å². The summed E-state index contributed by atoms with van der Waals surface area (Å²) < 4.78 is 27.4. The number of rotatable bonds is 5. The standard InChI is InChI=1S/C15H21N3O2S/c1-3-8-18(14-6-7-17-11-14)21(19,20)15-5-4-13(10-16)12(2)9-15/h4-5,9,14,17H,3,6-8,11H2,1-2H3. The lowest BCUT2D eigenvalue weighted by Crippen LogP contribution is -2.42. The van der Waals surface area contributed by atoms with Gasteiger partial charge in [0, 0.05) is 19.1 Å². The predicted molar refractivity (Wildman–Crippen MR) is 81.4 cm³/mol. The molecule has 0 saturated carbocycles. The Morgan fingerprint density at radius 3 is 2.76 bits per heavy atom. The molecule has 0 aromatic heterocycles. The Morgan fingerprint density at radius 1 is 1.48 bits per heavy atom. The van der Waals surface area contributed by atoms with E-state index in [9.17, 15) is 8.42 Å². The fraction of sp³-hybridized carbons (Fsp3) is 0.533. The van der Waals surface area contributed by atoms with Crippen LogP contribution in [-0.4, -0.2) is 38.4 Å². The Bertz CT molecular complexity index is 643. The Kier molecular flexibility index (Phi) is 4.99. The van der Waals surface area contributed by atoms with E-state index in [0.29, 0.717) is 24.2 Å². The molecule has 1 N–H and O–H groups in total. The van der Waals surface area contributed by atoms with Crippen LogP contribution in [-0.2, 0) is 10.0 Å². The van der Waals surface area contributed by atoms with Crippen LogP contribution in [0.1, 0.15) is 30.9 Å². The molecule has 1 aromatic rings. The molecule has 1 aliphatic heterocycles. The summed E-state index contributed by atoms with van der Waals surface area (Å²) in [6.07, 6.45) is 1.62. The molecule has 1 unspecified atom stereocenters.